The molecule has 0 rings (SSSR count). The van der Waals surface area contributed by atoms with Crippen molar-refractivity contribution in [3.05, 3.63) is 0 Å². The molecule has 64 valence electrons. The van der Waals surface area contributed by atoms with E-state index in [1.165, 1.54) is 0 Å². The third-order valence-electron chi connectivity index (χ3n) is 0. The molecule has 0 saturated heterocycles. The minimum absolute atomic E-state index is 0. The molecule has 0 aliphatic rings. The van der Waals surface area contributed by atoms with Crippen LogP contribution in [-0.4, -0.2) is 11.9 Å². The van der Waals surface area contributed by atoms with E-state index in [-0.39, 0.29) is 38.0 Å². The molecular formula is C4H10ClNO4Zn. The molecule has 0 radical (unpaired) electrons. The van der Waals surface area contributed by atoms with Gasteiger partial charge in [0.2, 0.25) is 0 Å². The zero-order valence-corrected chi connectivity index (χ0v) is 10.2. The fourth-order valence-corrected chi connectivity index (χ4v) is 0. The minimum Gasteiger partial charge on any atom is -0.550 e. The van der Waals surface area contributed by atoms with Crippen molar-refractivity contribution in [2.75, 3.05) is 0 Å². The van der Waals surface area contributed by atoms with Gasteiger partial charge in [-0.3, -0.25) is 0 Å². The number of hydrogen-bond acceptors (Lipinski definition) is 5. The maximum absolute atomic E-state index is 8.89. The van der Waals surface area contributed by atoms with Gasteiger partial charge in [-0.2, -0.15) is 0 Å². The van der Waals surface area contributed by atoms with E-state index in [2.05, 4.69) is 0 Å². The third-order valence-corrected chi connectivity index (χ3v) is 0. The molecule has 0 atom stereocenters. The number of carboxylic acids is 2. The van der Waals surface area contributed by atoms with Crippen LogP contribution in [-0.2, 0) is 29.1 Å². The Labute approximate surface area is 83.9 Å². The predicted molar refractivity (Wildman–Crippen MR) is 33.6 cm³/mol. The van der Waals surface area contributed by atoms with Crippen molar-refractivity contribution in [1.82, 2.24) is 6.15 Å². The first-order valence-electron chi connectivity index (χ1n) is 1.82. The van der Waals surface area contributed by atoms with Crippen LogP contribution < -0.4 is 16.4 Å². The summed E-state index contributed by atoms with van der Waals surface area (Å²) in [7, 11) is 0. The molecule has 0 aromatic rings. The Bertz CT molecular complexity index is 80.1. The van der Waals surface area contributed by atoms with Gasteiger partial charge >= 0.3 is 19.5 Å². The molecule has 0 saturated carbocycles. The molecule has 0 spiro atoms. The fourth-order valence-electron chi connectivity index (χ4n) is 0. The topological polar surface area (TPSA) is 115 Å². The molecule has 11 heavy (non-hydrogen) atoms. The summed E-state index contributed by atoms with van der Waals surface area (Å²) in [6.07, 6.45) is 0. The second kappa shape index (κ2) is 22.6. The zero-order chi connectivity index (χ0) is 7.15. The Kier molecular flexibility index (Phi) is 63.2. The quantitative estimate of drug-likeness (QED) is 0.493. The van der Waals surface area contributed by atoms with Gasteiger partial charge in [0.15, 0.2) is 0 Å². The molecule has 0 fully saturated rings. The van der Waals surface area contributed by atoms with Crippen molar-refractivity contribution < 1.29 is 39.3 Å². The molecule has 0 heterocycles. The van der Waals surface area contributed by atoms with Crippen LogP contribution in [0.3, 0.4) is 0 Å². The number of aliphatic carboxylic acids is 2. The van der Waals surface area contributed by atoms with E-state index in [1.807, 2.05) is 0 Å². The first-order valence-corrected chi connectivity index (χ1v) is 1.82. The van der Waals surface area contributed by atoms with Crippen LogP contribution in [0.5, 0.6) is 0 Å². The molecule has 3 N–H and O–H groups in total. The number of carbonyl (C=O) groups excluding carboxylic acids is 2. The van der Waals surface area contributed by atoms with Crippen LogP contribution in [0, 0.1) is 0 Å². The van der Waals surface area contributed by atoms with Gasteiger partial charge in [-0.1, -0.05) is 0 Å². The monoisotopic (exact) mass is 235 g/mol. The van der Waals surface area contributed by atoms with Gasteiger partial charge in [-0.25, -0.2) is 0 Å². The van der Waals surface area contributed by atoms with E-state index in [0.29, 0.717) is 0 Å². The average Bonchev–Trinajstić information content (AvgIpc) is 1.25. The molecule has 5 nitrogen and oxygen atoms in total. The Balaban J connectivity index is -0.0000000171. The molecule has 0 aliphatic heterocycles. The van der Waals surface area contributed by atoms with Crippen LogP contribution in [0.25, 0.3) is 0 Å². The van der Waals surface area contributed by atoms with Gasteiger partial charge in [0.05, 0.1) is 0 Å². The van der Waals surface area contributed by atoms with Crippen molar-refractivity contribution in [2.24, 2.45) is 0 Å². The SMILES string of the molecule is CC(=O)[O-].CC(=O)[O-].Cl.N.[Zn+2]. The van der Waals surface area contributed by atoms with Crippen LogP contribution in [0.1, 0.15) is 13.8 Å². The van der Waals surface area contributed by atoms with Gasteiger partial charge in [0.25, 0.3) is 0 Å². The number of hydrogen-bond donors (Lipinski definition) is 1. The van der Waals surface area contributed by atoms with E-state index in [4.69, 9.17) is 19.8 Å². The summed E-state index contributed by atoms with van der Waals surface area (Å²) >= 11 is 0. The van der Waals surface area contributed by atoms with E-state index in [1.54, 1.807) is 0 Å². The van der Waals surface area contributed by atoms with Crippen molar-refractivity contribution >= 4 is 24.3 Å². The van der Waals surface area contributed by atoms with Gasteiger partial charge in [-0.15, -0.1) is 12.4 Å². The smallest absolute Gasteiger partial charge is 0.550 e. The van der Waals surface area contributed by atoms with Gasteiger partial charge in [0.1, 0.15) is 0 Å². The standard InChI is InChI=1S/2C2H4O2.ClH.H3N.Zn/c2*1-2(3)4;;;/h2*1H3,(H,3,4);1H;1H3;/q;;;;+2/p-2. The summed E-state index contributed by atoms with van der Waals surface area (Å²) in [5.74, 6) is -2.17. The normalized spacial score (nSPS) is 4.55. The van der Waals surface area contributed by atoms with Gasteiger partial charge < -0.3 is 26.0 Å². The Morgan fingerprint density at radius 1 is 1.00 bits per heavy atom. The van der Waals surface area contributed by atoms with E-state index in [0.717, 1.165) is 13.8 Å². The molecule has 0 amide bonds. The largest absolute Gasteiger partial charge is 2.00 e. The van der Waals surface area contributed by atoms with Crippen molar-refractivity contribution in [3.63, 3.8) is 0 Å². The maximum atomic E-state index is 8.89. The van der Waals surface area contributed by atoms with Crippen LogP contribution in [0.15, 0.2) is 0 Å². The number of rotatable bonds is 0. The molecule has 0 aromatic heterocycles. The molecular weight excluding hydrogens is 227 g/mol. The number of halogens is 1. The van der Waals surface area contributed by atoms with E-state index < -0.39 is 11.9 Å². The molecule has 0 aliphatic carbocycles. The summed E-state index contributed by atoms with van der Waals surface area (Å²) < 4.78 is 0. The van der Waals surface area contributed by atoms with E-state index >= 15 is 0 Å². The second-order valence-corrected chi connectivity index (χ2v) is 0.983. The fraction of sp³-hybridized carbons (Fsp3) is 0.500. The second-order valence-electron chi connectivity index (χ2n) is 0.983. The Hall–Kier alpha value is -0.187. The Morgan fingerprint density at radius 2 is 1.00 bits per heavy atom. The summed E-state index contributed by atoms with van der Waals surface area (Å²) in [6, 6.07) is 0. The van der Waals surface area contributed by atoms with Crippen molar-refractivity contribution in [3.8, 4) is 0 Å². The predicted octanol–water partition coefficient (Wildman–Crippen LogP) is -1.91. The average molecular weight is 237 g/mol. The number of carboxylic acid groups (broad SMARTS) is 2. The van der Waals surface area contributed by atoms with Crippen LogP contribution in [0.4, 0.5) is 0 Å². The van der Waals surface area contributed by atoms with Crippen LogP contribution in [0.2, 0.25) is 0 Å². The molecule has 0 unspecified atom stereocenters. The minimum atomic E-state index is -1.08. The van der Waals surface area contributed by atoms with Crippen molar-refractivity contribution in [2.45, 2.75) is 13.8 Å². The third kappa shape index (κ3) is 17200. The van der Waals surface area contributed by atoms with E-state index in [9.17, 15) is 0 Å². The first-order chi connectivity index (χ1) is 3.46. The molecule has 0 bridgehead atoms. The van der Waals surface area contributed by atoms with Gasteiger partial charge in [-0.05, 0) is 13.8 Å². The maximum Gasteiger partial charge on any atom is 2.00 e. The summed E-state index contributed by atoms with van der Waals surface area (Å²) in [6.45, 7) is 1.94. The summed E-state index contributed by atoms with van der Waals surface area (Å²) in [5, 5.41) is 17.8. The summed E-state index contributed by atoms with van der Waals surface area (Å²) in [4.78, 5) is 17.8. The molecule has 7 heteroatoms. The zero-order valence-electron chi connectivity index (χ0n) is 6.46. The molecule has 0 aromatic carbocycles. The van der Waals surface area contributed by atoms with Gasteiger partial charge in [0, 0.05) is 11.9 Å². The number of carbonyl (C=O) groups is 2. The van der Waals surface area contributed by atoms with Crippen LogP contribution >= 0.6 is 12.4 Å². The first kappa shape index (κ1) is 30.8. The Morgan fingerprint density at radius 3 is 1.00 bits per heavy atom. The van der Waals surface area contributed by atoms with Crippen molar-refractivity contribution in [1.29, 1.82) is 0 Å². The summed E-state index contributed by atoms with van der Waals surface area (Å²) in [5.41, 5.74) is 0.